The SMILES string of the molecule is C=CCNC(N)=NCC1(CO)CCCC1. The molecule has 1 saturated carbocycles. The first kappa shape index (κ1) is 12.0. The average molecular weight is 211 g/mol. The van der Waals surface area contributed by atoms with Crippen LogP contribution in [0.2, 0.25) is 0 Å². The second-order valence-electron chi connectivity index (χ2n) is 4.24. The van der Waals surface area contributed by atoms with Crippen molar-refractivity contribution in [3.05, 3.63) is 12.7 Å². The zero-order valence-electron chi connectivity index (χ0n) is 9.21. The van der Waals surface area contributed by atoms with Crippen LogP contribution in [0.1, 0.15) is 25.7 Å². The second kappa shape index (κ2) is 5.75. The molecule has 0 aromatic heterocycles. The lowest BCUT2D eigenvalue weighted by Gasteiger charge is -2.23. The van der Waals surface area contributed by atoms with Crippen molar-refractivity contribution in [2.45, 2.75) is 25.7 Å². The molecule has 4 nitrogen and oxygen atoms in total. The van der Waals surface area contributed by atoms with Crippen molar-refractivity contribution in [3.63, 3.8) is 0 Å². The van der Waals surface area contributed by atoms with Gasteiger partial charge in [-0.1, -0.05) is 18.9 Å². The quantitative estimate of drug-likeness (QED) is 0.355. The number of aliphatic imine (C=N–C) groups is 1. The molecule has 0 atom stereocenters. The zero-order valence-corrected chi connectivity index (χ0v) is 9.21. The minimum absolute atomic E-state index is 0.0134. The first-order valence-corrected chi connectivity index (χ1v) is 5.48. The van der Waals surface area contributed by atoms with E-state index >= 15 is 0 Å². The van der Waals surface area contributed by atoms with Gasteiger partial charge in [0.25, 0.3) is 0 Å². The Kier molecular flexibility index (Phi) is 4.62. The van der Waals surface area contributed by atoms with Crippen LogP contribution in [0, 0.1) is 5.41 Å². The molecule has 4 N–H and O–H groups in total. The summed E-state index contributed by atoms with van der Waals surface area (Å²) in [5.74, 6) is 0.439. The third-order valence-corrected chi connectivity index (χ3v) is 3.01. The van der Waals surface area contributed by atoms with Gasteiger partial charge < -0.3 is 16.2 Å². The molecule has 1 fully saturated rings. The molecule has 0 radical (unpaired) electrons. The molecule has 4 heteroatoms. The van der Waals surface area contributed by atoms with Gasteiger partial charge in [-0.3, -0.25) is 4.99 Å². The molecule has 0 aromatic carbocycles. The maximum Gasteiger partial charge on any atom is 0.188 e. The molecule has 1 rings (SSSR count). The fourth-order valence-electron chi connectivity index (χ4n) is 1.98. The minimum Gasteiger partial charge on any atom is -0.396 e. The van der Waals surface area contributed by atoms with Crippen LogP contribution < -0.4 is 11.1 Å². The summed E-state index contributed by atoms with van der Waals surface area (Å²) in [5.41, 5.74) is 5.65. The third kappa shape index (κ3) is 3.55. The second-order valence-corrected chi connectivity index (χ2v) is 4.24. The first-order chi connectivity index (χ1) is 7.22. The average Bonchev–Trinajstić information content (AvgIpc) is 2.73. The van der Waals surface area contributed by atoms with Crippen molar-refractivity contribution >= 4 is 5.96 Å². The van der Waals surface area contributed by atoms with Gasteiger partial charge in [-0.2, -0.15) is 0 Å². The zero-order chi connectivity index (χ0) is 11.1. The largest absolute Gasteiger partial charge is 0.396 e. The normalized spacial score (nSPS) is 20.2. The summed E-state index contributed by atoms with van der Waals surface area (Å²) in [5, 5.41) is 12.3. The molecule has 0 spiro atoms. The summed E-state index contributed by atoms with van der Waals surface area (Å²) in [7, 11) is 0. The van der Waals surface area contributed by atoms with Crippen LogP contribution in [-0.4, -0.2) is 30.8 Å². The van der Waals surface area contributed by atoms with Crippen molar-refractivity contribution in [2.75, 3.05) is 19.7 Å². The Morgan fingerprint density at radius 2 is 2.20 bits per heavy atom. The first-order valence-electron chi connectivity index (χ1n) is 5.48. The van der Waals surface area contributed by atoms with E-state index in [1.165, 1.54) is 12.8 Å². The summed E-state index contributed by atoms with van der Waals surface area (Å²) < 4.78 is 0. The van der Waals surface area contributed by atoms with Crippen molar-refractivity contribution in [3.8, 4) is 0 Å². The Bertz CT molecular complexity index is 232. The van der Waals surface area contributed by atoms with E-state index in [1.807, 2.05) is 0 Å². The van der Waals surface area contributed by atoms with E-state index in [0.717, 1.165) is 12.8 Å². The Morgan fingerprint density at radius 1 is 1.53 bits per heavy atom. The maximum absolute atomic E-state index is 9.36. The Hall–Kier alpha value is -1.03. The number of rotatable bonds is 5. The topological polar surface area (TPSA) is 70.6 Å². The molecule has 0 heterocycles. The van der Waals surface area contributed by atoms with Gasteiger partial charge in [-0.15, -0.1) is 6.58 Å². The summed E-state index contributed by atoms with van der Waals surface area (Å²) >= 11 is 0. The number of nitrogens with one attached hydrogen (secondary N) is 1. The van der Waals surface area contributed by atoms with E-state index in [2.05, 4.69) is 16.9 Å². The number of aliphatic hydroxyl groups excluding tert-OH is 1. The van der Waals surface area contributed by atoms with E-state index in [9.17, 15) is 5.11 Å². The van der Waals surface area contributed by atoms with E-state index in [-0.39, 0.29) is 12.0 Å². The van der Waals surface area contributed by atoms with Crippen LogP contribution in [0.5, 0.6) is 0 Å². The highest BCUT2D eigenvalue weighted by Gasteiger charge is 2.32. The molecule has 86 valence electrons. The molecule has 1 aliphatic rings. The molecular formula is C11H21N3O. The van der Waals surface area contributed by atoms with Gasteiger partial charge in [0.1, 0.15) is 0 Å². The monoisotopic (exact) mass is 211 g/mol. The fraction of sp³-hybridized carbons (Fsp3) is 0.727. The third-order valence-electron chi connectivity index (χ3n) is 3.01. The maximum atomic E-state index is 9.36. The molecule has 0 unspecified atom stereocenters. The standard InChI is InChI=1S/C11H21N3O/c1-2-7-13-10(12)14-8-11(9-15)5-3-4-6-11/h2,15H,1,3-9H2,(H3,12,13,14). The van der Waals surface area contributed by atoms with Crippen LogP contribution in [0.25, 0.3) is 0 Å². The van der Waals surface area contributed by atoms with Crippen LogP contribution >= 0.6 is 0 Å². The molecule has 0 aliphatic heterocycles. The Morgan fingerprint density at radius 3 is 2.73 bits per heavy atom. The number of hydrogen-bond acceptors (Lipinski definition) is 2. The number of guanidine groups is 1. The van der Waals surface area contributed by atoms with Crippen LogP contribution in [0.15, 0.2) is 17.6 Å². The van der Waals surface area contributed by atoms with Crippen LogP contribution in [0.3, 0.4) is 0 Å². The minimum atomic E-state index is -0.0134. The molecule has 0 amide bonds. The highest BCUT2D eigenvalue weighted by molar-refractivity contribution is 5.77. The molecular weight excluding hydrogens is 190 g/mol. The lowest BCUT2D eigenvalue weighted by atomic mass is 9.87. The van der Waals surface area contributed by atoms with E-state index in [1.54, 1.807) is 6.08 Å². The predicted molar refractivity (Wildman–Crippen MR) is 62.7 cm³/mol. The van der Waals surface area contributed by atoms with Gasteiger partial charge in [0.15, 0.2) is 5.96 Å². The van der Waals surface area contributed by atoms with Gasteiger partial charge in [-0.05, 0) is 12.8 Å². The van der Waals surface area contributed by atoms with Crippen molar-refractivity contribution in [1.82, 2.24) is 5.32 Å². The molecule has 1 aliphatic carbocycles. The lowest BCUT2D eigenvalue weighted by Crippen LogP contribution is -2.34. The van der Waals surface area contributed by atoms with Crippen molar-refractivity contribution in [2.24, 2.45) is 16.1 Å². The molecule has 0 aromatic rings. The van der Waals surface area contributed by atoms with Crippen LogP contribution in [0.4, 0.5) is 0 Å². The molecule has 0 bridgehead atoms. The summed E-state index contributed by atoms with van der Waals surface area (Å²) in [6.07, 6.45) is 6.23. The van der Waals surface area contributed by atoms with Gasteiger partial charge >= 0.3 is 0 Å². The van der Waals surface area contributed by atoms with Gasteiger partial charge in [0, 0.05) is 12.0 Å². The Balaban J connectivity index is 2.41. The van der Waals surface area contributed by atoms with Crippen LogP contribution in [-0.2, 0) is 0 Å². The molecule has 15 heavy (non-hydrogen) atoms. The van der Waals surface area contributed by atoms with Gasteiger partial charge in [0.05, 0.1) is 13.2 Å². The summed E-state index contributed by atoms with van der Waals surface area (Å²) in [6.45, 7) is 5.05. The van der Waals surface area contributed by atoms with Gasteiger partial charge in [-0.25, -0.2) is 0 Å². The highest BCUT2D eigenvalue weighted by Crippen LogP contribution is 2.37. The highest BCUT2D eigenvalue weighted by atomic mass is 16.3. The number of nitrogens with zero attached hydrogens (tertiary/aromatic N) is 1. The number of aliphatic hydroxyl groups is 1. The van der Waals surface area contributed by atoms with Gasteiger partial charge in [0.2, 0.25) is 0 Å². The summed E-state index contributed by atoms with van der Waals surface area (Å²) in [4.78, 5) is 4.26. The van der Waals surface area contributed by atoms with Crippen molar-refractivity contribution in [1.29, 1.82) is 0 Å². The lowest BCUT2D eigenvalue weighted by molar-refractivity contribution is 0.138. The predicted octanol–water partition coefficient (Wildman–Crippen LogP) is 0.629. The number of hydrogen-bond donors (Lipinski definition) is 3. The summed E-state index contributed by atoms with van der Waals surface area (Å²) in [6, 6.07) is 0. The molecule has 0 saturated heterocycles. The van der Waals surface area contributed by atoms with E-state index in [0.29, 0.717) is 19.0 Å². The number of nitrogens with two attached hydrogens (primary N) is 1. The Labute approximate surface area is 91.3 Å². The van der Waals surface area contributed by atoms with E-state index < -0.39 is 0 Å². The van der Waals surface area contributed by atoms with E-state index in [4.69, 9.17) is 5.73 Å². The van der Waals surface area contributed by atoms with Crippen molar-refractivity contribution < 1.29 is 5.11 Å². The fourth-order valence-corrected chi connectivity index (χ4v) is 1.98. The smallest absolute Gasteiger partial charge is 0.188 e.